The summed E-state index contributed by atoms with van der Waals surface area (Å²) in [5.74, 6) is -0.188. The minimum atomic E-state index is -0.188. The van der Waals surface area contributed by atoms with Crippen molar-refractivity contribution in [3.05, 3.63) is 45.2 Å². The highest BCUT2D eigenvalue weighted by molar-refractivity contribution is 6.35. The Balaban J connectivity index is 0.00000192. The van der Waals surface area contributed by atoms with E-state index in [-0.39, 0.29) is 18.3 Å². The Kier molecular flexibility index (Phi) is 5.92. The van der Waals surface area contributed by atoms with E-state index in [1.165, 1.54) is 0 Å². The molecule has 0 saturated heterocycles. The van der Waals surface area contributed by atoms with Gasteiger partial charge in [-0.1, -0.05) is 23.2 Å². The maximum Gasteiger partial charge on any atom is 0.272 e. The van der Waals surface area contributed by atoms with Crippen molar-refractivity contribution in [1.29, 1.82) is 0 Å². The second kappa shape index (κ2) is 7.53. The van der Waals surface area contributed by atoms with Gasteiger partial charge in [0.1, 0.15) is 0 Å². The highest BCUT2D eigenvalue weighted by Crippen LogP contribution is 2.31. The number of fused-ring (bicyclic) bond motifs is 1. The average molecular weight is 376 g/mol. The third kappa shape index (κ3) is 3.48. The average Bonchev–Trinajstić information content (AvgIpc) is 3.07. The molecule has 0 atom stereocenters. The maximum atomic E-state index is 12.3. The summed E-state index contributed by atoms with van der Waals surface area (Å²) in [6, 6.07) is 5.26. The first-order valence-electron chi connectivity index (χ1n) is 7.16. The van der Waals surface area contributed by atoms with Gasteiger partial charge in [0.25, 0.3) is 5.91 Å². The number of hydrogen-bond donors (Lipinski definition) is 2. The van der Waals surface area contributed by atoms with E-state index in [0.29, 0.717) is 28.8 Å². The summed E-state index contributed by atoms with van der Waals surface area (Å²) in [6.45, 7) is 0.833. The van der Waals surface area contributed by atoms with Crippen LogP contribution in [0, 0.1) is 0 Å². The first-order valence-corrected chi connectivity index (χ1v) is 7.92. The summed E-state index contributed by atoms with van der Waals surface area (Å²) in [7, 11) is 0. The first-order chi connectivity index (χ1) is 10.6. The minimum absolute atomic E-state index is 0. The minimum Gasteiger partial charge on any atom is -0.349 e. The maximum absolute atomic E-state index is 12.3. The van der Waals surface area contributed by atoms with Crippen molar-refractivity contribution >= 4 is 41.5 Å². The number of rotatable bonds is 4. The van der Waals surface area contributed by atoms with Gasteiger partial charge in [0.2, 0.25) is 0 Å². The van der Waals surface area contributed by atoms with Crippen LogP contribution in [0.15, 0.2) is 18.2 Å². The van der Waals surface area contributed by atoms with Crippen LogP contribution in [0.25, 0.3) is 5.69 Å². The SMILES string of the molecule is Cl.NCCNC(=O)c1nn(-c2ccc(Cl)cc2Cl)c2c1CCC2. The van der Waals surface area contributed by atoms with Gasteiger partial charge in [0, 0.05) is 29.4 Å². The van der Waals surface area contributed by atoms with E-state index < -0.39 is 0 Å². The third-order valence-electron chi connectivity index (χ3n) is 3.71. The highest BCUT2D eigenvalue weighted by Gasteiger charge is 2.27. The van der Waals surface area contributed by atoms with Gasteiger partial charge in [-0.25, -0.2) is 4.68 Å². The van der Waals surface area contributed by atoms with Crippen LogP contribution in [0.2, 0.25) is 10.0 Å². The van der Waals surface area contributed by atoms with Crippen LogP contribution in [-0.2, 0) is 12.8 Å². The van der Waals surface area contributed by atoms with E-state index >= 15 is 0 Å². The van der Waals surface area contributed by atoms with Crippen LogP contribution >= 0.6 is 35.6 Å². The number of hydrogen-bond acceptors (Lipinski definition) is 3. The lowest BCUT2D eigenvalue weighted by molar-refractivity contribution is 0.0948. The zero-order chi connectivity index (χ0) is 15.7. The molecule has 0 spiro atoms. The summed E-state index contributed by atoms with van der Waals surface area (Å²) >= 11 is 12.2. The number of aromatic nitrogens is 2. The van der Waals surface area contributed by atoms with E-state index in [4.69, 9.17) is 28.9 Å². The summed E-state index contributed by atoms with van der Waals surface area (Å²) in [5, 5.41) is 8.34. The fourth-order valence-corrected chi connectivity index (χ4v) is 3.23. The molecule has 23 heavy (non-hydrogen) atoms. The van der Waals surface area contributed by atoms with E-state index in [0.717, 1.165) is 36.2 Å². The molecule has 1 aromatic carbocycles. The summed E-state index contributed by atoms with van der Waals surface area (Å²) < 4.78 is 1.76. The number of amides is 1. The van der Waals surface area contributed by atoms with Gasteiger partial charge in [0.05, 0.1) is 10.7 Å². The van der Waals surface area contributed by atoms with Crippen molar-refractivity contribution < 1.29 is 4.79 Å². The predicted octanol–water partition coefficient (Wildman–Crippen LogP) is 2.78. The van der Waals surface area contributed by atoms with Gasteiger partial charge >= 0.3 is 0 Å². The molecular weight excluding hydrogens is 359 g/mol. The lowest BCUT2D eigenvalue weighted by Gasteiger charge is -2.08. The van der Waals surface area contributed by atoms with Crippen molar-refractivity contribution in [2.24, 2.45) is 5.73 Å². The Morgan fingerprint density at radius 3 is 2.83 bits per heavy atom. The van der Waals surface area contributed by atoms with Crippen LogP contribution in [0.3, 0.4) is 0 Å². The molecule has 0 radical (unpaired) electrons. The quantitative estimate of drug-likeness (QED) is 0.863. The molecule has 3 rings (SSSR count). The zero-order valence-corrected chi connectivity index (χ0v) is 14.6. The Hall–Kier alpha value is -1.27. The molecule has 0 aliphatic heterocycles. The highest BCUT2D eigenvalue weighted by atomic mass is 35.5. The lowest BCUT2D eigenvalue weighted by Crippen LogP contribution is -2.30. The summed E-state index contributed by atoms with van der Waals surface area (Å²) in [6.07, 6.45) is 2.74. The molecule has 0 bridgehead atoms. The molecule has 3 N–H and O–H groups in total. The Labute approximate surface area is 150 Å². The molecule has 1 heterocycles. The Morgan fingerprint density at radius 1 is 1.35 bits per heavy atom. The topological polar surface area (TPSA) is 72.9 Å². The van der Waals surface area contributed by atoms with Crippen molar-refractivity contribution in [3.63, 3.8) is 0 Å². The Morgan fingerprint density at radius 2 is 2.13 bits per heavy atom. The van der Waals surface area contributed by atoms with Crippen LogP contribution < -0.4 is 11.1 Å². The number of nitrogens with one attached hydrogen (secondary N) is 1. The smallest absolute Gasteiger partial charge is 0.272 e. The standard InChI is InChI=1S/C15H16Cl2N4O.ClH/c16-9-4-5-13(11(17)8-9)21-12-3-1-2-10(12)14(20-21)15(22)19-7-6-18;/h4-5,8H,1-3,6-7,18H2,(H,19,22);1H. The van der Waals surface area contributed by atoms with Gasteiger partial charge in [-0.05, 0) is 37.5 Å². The van der Waals surface area contributed by atoms with E-state index in [1.54, 1.807) is 16.8 Å². The monoisotopic (exact) mass is 374 g/mol. The van der Waals surface area contributed by atoms with Crippen LogP contribution in [0.5, 0.6) is 0 Å². The molecule has 124 valence electrons. The largest absolute Gasteiger partial charge is 0.349 e. The number of carbonyl (C=O) groups excluding carboxylic acids is 1. The molecule has 0 unspecified atom stereocenters. The van der Waals surface area contributed by atoms with Crippen molar-refractivity contribution in [2.75, 3.05) is 13.1 Å². The number of nitrogens with two attached hydrogens (primary N) is 1. The molecule has 0 fully saturated rings. The third-order valence-corrected chi connectivity index (χ3v) is 4.25. The molecule has 1 aromatic heterocycles. The molecule has 1 amide bonds. The van der Waals surface area contributed by atoms with E-state index in [9.17, 15) is 4.79 Å². The normalized spacial score (nSPS) is 12.7. The van der Waals surface area contributed by atoms with Crippen LogP contribution in [0.4, 0.5) is 0 Å². The molecular formula is C15H17Cl3N4O. The van der Waals surface area contributed by atoms with Gasteiger partial charge in [-0.2, -0.15) is 5.10 Å². The molecule has 0 saturated carbocycles. The fraction of sp³-hybridized carbons (Fsp3) is 0.333. The number of benzene rings is 1. The predicted molar refractivity (Wildman–Crippen MR) is 94.2 cm³/mol. The van der Waals surface area contributed by atoms with Crippen LogP contribution in [-0.4, -0.2) is 28.8 Å². The van der Waals surface area contributed by atoms with Gasteiger partial charge in [0.15, 0.2) is 5.69 Å². The van der Waals surface area contributed by atoms with E-state index in [1.807, 2.05) is 6.07 Å². The van der Waals surface area contributed by atoms with E-state index in [2.05, 4.69) is 10.4 Å². The molecule has 1 aliphatic carbocycles. The molecule has 2 aromatic rings. The molecule has 1 aliphatic rings. The second-order valence-corrected chi connectivity index (χ2v) is 6.02. The number of carbonyl (C=O) groups is 1. The zero-order valence-electron chi connectivity index (χ0n) is 12.3. The lowest BCUT2D eigenvalue weighted by atomic mass is 10.2. The molecule has 8 heteroatoms. The first kappa shape index (κ1) is 18.1. The van der Waals surface area contributed by atoms with Crippen LogP contribution in [0.1, 0.15) is 28.2 Å². The number of halogens is 3. The van der Waals surface area contributed by atoms with Crippen molar-refractivity contribution in [2.45, 2.75) is 19.3 Å². The second-order valence-electron chi connectivity index (χ2n) is 5.18. The summed E-state index contributed by atoms with van der Waals surface area (Å²) in [4.78, 5) is 12.3. The number of nitrogens with zero attached hydrogens (tertiary/aromatic N) is 2. The van der Waals surface area contributed by atoms with Crippen molar-refractivity contribution in [1.82, 2.24) is 15.1 Å². The fourth-order valence-electron chi connectivity index (χ4n) is 2.74. The molecule has 5 nitrogen and oxygen atoms in total. The van der Waals surface area contributed by atoms with Crippen molar-refractivity contribution in [3.8, 4) is 5.69 Å². The Bertz CT molecular complexity index is 730. The van der Waals surface area contributed by atoms with Gasteiger partial charge in [-0.15, -0.1) is 12.4 Å². The van der Waals surface area contributed by atoms with Gasteiger partial charge < -0.3 is 11.1 Å². The van der Waals surface area contributed by atoms with Gasteiger partial charge in [-0.3, -0.25) is 4.79 Å². The summed E-state index contributed by atoms with van der Waals surface area (Å²) in [5.41, 5.74) is 8.67.